The third-order valence-corrected chi connectivity index (χ3v) is 2.81. The molecule has 21 heavy (non-hydrogen) atoms. The van der Waals surface area contributed by atoms with Crippen LogP contribution in [0.15, 0.2) is 18.5 Å². The van der Waals surface area contributed by atoms with Crippen molar-refractivity contribution in [3.8, 4) is 0 Å². The first-order valence-corrected chi connectivity index (χ1v) is 6.09. The van der Waals surface area contributed by atoms with Gasteiger partial charge in [0, 0.05) is 19.3 Å². The molecular formula is C12H13N5O4. The highest BCUT2D eigenvalue weighted by molar-refractivity contribution is 5.93. The lowest BCUT2D eigenvalue weighted by molar-refractivity contribution is -0.385. The first-order chi connectivity index (χ1) is 9.92. The number of rotatable bonds is 5. The van der Waals surface area contributed by atoms with Gasteiger partial charge in [0.1, 0.15) is 17.6 Å². The Bertz CT molecular complexity index is 710. The zero-order valence-electron chi connectivity index (χ0n) is 11.4. The van der Waals surface area contributed by atoms with Crippen LogP contribution in [0.25, 0.3) is 0 Å². The predicted molar refractivity (Wildman–Crippen MR) is 73.7 cm³/mol. The summed E-state index contributed by atoms with van der Waals surface area (Å²) < 4.78 is 1.62. The van der Waals surface area contributed by atoms with E-state index in [0.29, 0.717) is 12.1 Å². The van der Waals surface area contributed by atoms with Crippen molar-refractivity contribution in [2.24, 2.45) is 7.05 Å². The minimum Gasteiger partial charge on any atom is -0.477 e. The van der Waals surface area contributed by atoms with Crippen molar-refractivity contribution in [2.45, 2.75) is 13.3 Å². The Morgan fingerprint density at radius 1 is 1.57 bits per heavy atom. The molecular weight excluding hydrogens is 278 g/mol. The Morgan fingerprint density at radius 2 is 2.29 bits per heavy atom. The number of nitrogens with one attached hydrogen (secondary N) is 1. The summed E-state index contributed by atoms with van der Waals surface area (Å²) >= 11 is 0. The van der Waals surface area contributed by atoms with Crippen molar-refractivity contribution in [3.63, 3.8) is 0 Å². The van der Waals surface area contributed by atoms with Gasteiger partial charge < -0.3 is 10.4 Å². The van der Waals surface area contributed by atoms with Gasteiger partial charge in [0.25, 0.3) is 0 Å². The minimum atomic E-state index is -1.38. The predicted octanol–water partition coefficient (Wildman–Crippen LogP) is 1.73. The summed E-state index contributed by atoms with van der Waals surface area (Å²) in [7, 11) is 1.76. The standard InChI is InChI=1S/C12H13N5O4/c1-3-8-9(6-16(2)15-8)14-11-4-7(12(18)19)10(5-13-11)17(20)21/h4-6H,3H2,1-2H3,(H,13,14)(H,18,19). The molecule has 0 fully saturated rings. The van der Waals surface area contributed by atoms with E-state index in [1.165, 1.54) is 0 Å². The second kappa shape index (κ2) is 5.57. The maximum atomic E-state index is 11.1. The van der Waals surface area contributed by atoms with E-state index in [4.69, 9.17) is 5.11 Å². The highest BCUT2D eigenvalue weighted by atomic mass is 16.6. The van der Waals surface area contributed by atoms with Gasteiger partial charge in [-0.15, -0.1) is 0 Å². The summed E-state index contributed by atoms with van der Waals surface area (Å²) in [5.41, 5.74) is 0.501. The molecule has 0 saturated carbocycles. The monoisotopic (exact) mass is 291 g/mol. The molecule has 9 heteroatoms. The molecule has 0 atom stereocenters. The number of hydrogen-bond donors (Lipinski definition) is 2. The molecule has 0 aliphatic rings. The second-order valence-corrected chi connectivity index (χ2v) is 4.29. The maximum Gasteiger partial charge on any atom is 0.342 e. The molecule has 0 saturated heterocycles. The summed E-state index contributed by atoms with van der Waals surface area (Å²) in [5.74, 6) is -1.17. The molecule has 0 amide bonds. The lowest BCUT2D eigenvalue weighted by atomic mass is 10.2. The number of anilines is 2. The van der Waals surface area contributed by atoms with E-state index in [2.05, 4.69) is 15.4 Å². The molecule has 0 aliphatic carbocycles. The van der Waals surface area contributed by atoms with Crippen LogP contribution >= 0.6 is 0 Å². The number of aryl methyl sites for hydroxylation is 2. The number of pyridine rings is 1. The Labute approximate surface area is 119 Å². The molecule has 0 aromatic carbocycles. The maximum absolute atomic E-state index is 11.1. The lowest BCUT2D eigenvalue weighted by Crippen LogP contribution is -2.05. The van der Waals surface area contributed by atoms with Crippen LogP contribution < -0.4 is 5.32 Å². The number of aromatic nitrogens is 3. The molecule has 0 bridgehead atoms. The van der Waals surface area contributed by atoms with Gasteiger partial charge in [-0.25, -0.2) is 9.78 Å². The van der Waals surface area contributed by atoms with E-state index in [1.54, 1.807) is 17.9 Å². The molecule has 2 N–H and O–H groups in total. The highest BCUT2D eigenvalue weighted by Gasteiger charge is 2.21. The van der Waals surface area contributed by atoms with E-state index < -0.39 is 22.1 Å². The smallest absolute Gasteiger partial charge is 0.342 e. The first kappa shape index (κ1) is 14.4. The number of carboxylic acid groups (broad SMARTS) is 1. The molecule has 2 aromatic rings. The Kier molecular flexibility index (Phi) is 3.83. The van der Waals surface area contributed by atoms with E-state index in [-0.39, 0.29) is 5.82 Å². The largest absolute Gasteiger partial charge is 0.477 e. The molecule has 0 aliphatic heterocycles. The number of aromatic carboxylic acids is 1. The van der Waals surface area contributed by atoms with Crippen LogP contribution in [0.3, 0.4) is 0 Å². The fraction of sp³-hybridized carbons (Fsp3) is 0.250. The average Bonchev–Trinajstić information content (AvgIpc) is 2.78. The quantitative estimate of drug-likeness (QED) is 0.635. The fourth-order valence-corrected chi connectivity index (χ4v) is 1.87. The number of carboxylic acids is 1. The third-order valence-electron chi connectivity index (χ3n) is 2.81. The van der Waals surface area contributed by atoms with Crippen molar-refractivity contribution < 1.29 is 14.8 Å². The zero-order valence-corrected chi connectivity index (χ0v) is 11.4. The Morgan fingerprint density at radius 3 is 2.86 bits per heavy atom. The van der Waals surface area contributed by atoms with Crippen LogP contribution in [-0.2, 0) is 13.5 Å². The van der Waals surface area contributed by atoms with E-state index in [1.807, 2.05) is 6.92 Å². The van der Waals surface area contributed by atoms with Gasteiger partial charge in [-0.05, 0) is 6.42 Å². The Hall–Kier alpha value is -2.97. The van der Waals surface area contributed by atoms with Crippen molar-refractivity contribution in [1.29, 1.82) is 0 Å². The SMILES string of the molecule is CCc1nn(C)cc1Nc1cc(C(=O)O)c([N+](=O)[O-])cn1. The average molecular weight is 291 g/mol. The second-order valence-electron chi connectivity index (χ2n) is 4.29. The van der Waals surface area contributed by atoms with Crippen molar-refractivity contribution in [3.05, 3.63) is 39.8 Å². The topological polar surface area (TPSA) is 123 Å². The number of nitrogens with zero attached hydrogens (tertiary/aromatic N) is 4. The van der Waals surface area contributed by atoms with Crippen LogP contribution in [0, 0.1) is 10.1 Å². The van der Waals surface area contributed by atoms with Crippen LogP contribution in [0.2, 0.25) is 0 Å². The van der Waals surface area contributed by atoms with Gasteiger partial charge in [0.05, 0.1) is 16.3 Å². The zero-order chi connectivity index (χ0) is 15.6. The normalized spacial score (nSPS) is 10.4. The molecule has 2 aromatic heterocycles. The van der Waals surface area contributed by atoms with Crippen LogP contribution in [0.4, 0.5) is 17.2 Å². The molecule has 0 radical (unpaired) electrons. The van der Waals surface area contributed by atoms with Gasteiger partial charge in [0.2, 0.25) is 0 Å². The summed E-state index contributed by atoms with van der Waals surface area (Å²) in [6, 6.07) is 1.13. The summed E-state index contributed by atoms with van der Waals surface area (Å²) in [5, 5.41) is 27.0. The van der Waals surface area contributed by atoms with Gasteiger partial charge >= 0.3 is 11.7 Å². The molecule has 2 heterocycles. The summed E-state index contributed by atoms with van der Waals surface area (Å²) in [6.45, 7) is 1.93. The molecule has 110 valence electrons. The van der Waals surface area contributed by atoms with Crippen molar-refractivity contribution >= 4 is 23.2 Å². The Balaban J connectivity index is 2.39. The van der Waals surface area contributed by atoms with Crippen LogP contribution in [0.5, 0.6) is 0 Å². The van der Waals surface area contributed by atoms with Crippen molar-refractivity contribution in [2.75, 3.05) is 5.32 Å². The third kappa shape index (κ3) is 2.96. The van der Waals surface area contributed by atoms with E-state index in [0.717, 1.165) is 18.0 Å². The summed E-state index contributed by atoms with van der Waals surface area (Å²) in [6.07, 6.45) is 3.33. The van der Waals surface area contributed by atoms with Crippen LogP contribution in [-0.4, -0.2) is 30.8 Å². The number of carbonyl (C=O) groups is 1. The molecule has 9 nitrogen and oxygen atoms in total. The minimum absolute atomic E-state index is 0.209. The number of nitro groups is 1. The highest BCUT2D eigenvalue weighted by Crippen LogP contribution is 2.24. The van der Waals surface area contributed by atoms with Gasteiger partial charge in [-0.1, -0.05) is 6.92 Å². The molecule has 0 unspecified atom stereocenters. The molecule has 0 spiro atoms. The van der Waals surface area contributed by atoms with Gasteiger partial charge in [-0.2, -0.15) is 5.10 Å². The molecule has 2 rings (SSSR count). The van der Waals surface area contributed by atoms with Gasteiger partial charge in [0.15, 0.2) is 0 Å². The van der Waals surface area contributed by atoms with Gasteiger partial charge in [-0.3, -0.25) is 14.8 Å². The van der Waals surface area contributed by atoms with E-state index in [9.17, 15) is 14.9 Å². The number of hydrogen-bond acceptors (Lipinski definition) is 6. The summed E-state index contributed by atoms with van der Waals surface area (Å²) in [4.78, 5) is 24.9. The van der Waals surface area contributed by atoms with E-state index >= 15 is 0 Å². The van der Waals surface area contributed by atoms with Crippen molar-refractivity contribution in [1.82, 2.24) is 14.8 Å². The fourth-order valence-electron chi connectivity index (χ4n) is 1.87. The lowest BCUT2D eigenvalue weighted by Gasteiger charge is -2.05. The van der Waals surface area contributed by atoms with Crippen LogP contribution in [0.1, 0.15) is 23.0 Å². The first-order valence-electron chi connectivity index (χ1n) is 6.09.